The Hall–Kier alpha value is -1.10. The van der Waals surface area contributed by atoms with Crippen LogP contribution in [0.3, 0.4) is 0 Å². The van der Waals surface area contributed by atoms with Crippen molar-refractivity contribution in [1.29, 1.82) is 0 Å². The Balaban J connectivity index is 3.85. The van der Waals surface area contributed by atoms with Crippen LogP contribution in [0.25, 0.3) is 0 Å². The Labute approximate surface area is 65.5 Å². The topological polar surface area (TPSA) is 75.4 Å². The highest BCUT2D eigenvalue weighted by Gasteiger charge is 2.11. The lowest BCUT2D eigenvalue weighted by Crippen LogP contribution is -2.47. The first-order valence-corrected chi connectivity index (χ1v) is 3.24. The van der Waals surface area contributed by atoms with Gasteiger partial charge in [-0.25, -0.2) is 10.6 Å². The second kappa shape index (κ2) is 3.92. The molecule has 1 atom stereocenters. The standard InChI is InChI=1S/C6H13N3O2/c1-4(5(2)10)8-6(11)9(3)7/h4H,7H2,1-3H3,(H,8,11)/t4-/m1/s1. The van der Waals surface area contributed by atoms with E-state index in [0.29, 0.717) is 0 Å². The summed E-state index contributed by atoms with van der Waals surface area (Å²) < 4.78 is 0. The number of hydrogen-bond acceptors (Lipinski definition) is 3. The molecule has 11 heavy (non-hydrogen) atoms. The molecule has 0 saturated heterocycles. The van der Waals surface area contributed by atoms with E-state index in [1.807, 2.05) is 0 Å². The van der Waals surface area contributed by atoms with Crippen LogP contribution in [-0.2, 0) is 4.79 Å². The number of urea groups is 1. The molecule has 0 unspecified atom stereocenters. The third-order valence-electron chi connectivity index (χ3n) is 1.27. The molecule has 64 valence electrons. The number of rotatable bonds is 2. The Bertz CT molecular complexity index is 167. The quantitative estimate of drug-likeness (QED) is 0.323. The van der Waals surface area contributed by atoms with Crippen LogP contribution in [0, 0.1) is 0 Å². The van der Waals surface area contributed by atoms with E-state index >= 15 is 0 Å². The number of carbonyl (C=O) groups is 2. The van der Waals surface area contributed by atoms with Gasteiger partial charge in [0.1, 0.15) is 0 Å². The van der Waals surface area contributed by atoms with E-state index in [4.69, 9.17) is 5.84 Å². The Kier molecular flexibility index (Phi) is 3.53. The summed E-state index contributed by atoms with van der Waals surface area (Å²) in [4.78, 5) is 21.4. The number of hydrazine groups is 1. The summed E-state index contributed by atoms with van der Waals surface area (Å²) in [5.41, 5.74) is 0. The van der Waals surface area contributed by atoms with E-state index in [9.17, 15) is 9.59 Å². The van der Waals surface area contributed by atoms with Gasteiger partial charge in [0.05, 0.1) is 6.04 Å². The minimum Gasteiger partial charge on any atom is -0.327 e. The van der Waals surface area contributed by atoms with Crippen LogP contribution in [0.4, 0.5) is 4.79 Å². The van der Waals surface area contributed by atoms with Crippen molar-refractivity contribution in [3.05, 3.63) is 0 Å². The smallest absolute Gasteiger partial charge is 0.327 e. The number of carbonyl (C=O) groups excluding carboxylic acids is 2. The Morgan fingerprint density at radius 1 is 1.55 bits per heavy atom. The van der Waals surface area contributed by atoms with Crippen molar-refractivity contribution in [2.24, 2.45) is 5.84 Å². The second-order valence-electron chi connectivity index (χ2n) is 2.39. The molecule has 0 aromatic carbocycles. The maximum atomic E-state index is 10.8. The third kappa shape index (κ3) is 3.57. The summed E-state index contributed by atoms with van der Waals surface area (Å²) in [6.45, 7) is 3.01. The zero-order valence-corrected chi connectivity index (χ0v) is 6.92. The molecule has 2 amide bonds. The van der Waals surface area contributed by atoms with E-state index in [-0.39, 0.29) is 5.78 Å². The normalized spacial score (nSPS) is 12.0. The number of amides is 2. The van der Waals surface area contributed by atoms with Gasteiger partial charge in [0.2, 0.25) is 0 Å². The molecule has 0 heterocycles. The van der Waals surface area contributed by atoms with Crippen molar-refractivity contribution < 1.29 is 9.59 Å². The van der Waals surface area contributed by atoms with Gasteiger partial charge in [-0.2, -0.15) is 0 Å². The molecule has 0 aliphatic rings. The van der Waals surface area contributed by atoms with Gasteiger partial charge in [-0.1, -0.05) is 0 Å². The molecule has 5 nitrogen and oxygen atoms in total. The van der Waals surface area contributed by atoms with E-state index in [2.05, 4.69) is 5.32 Å². The summed E-state index contributed by atoms with van der Waals surface area (Å²) in [5, 5.41) is 3.28. The zero-order chi connectivity index (χ0) is 9.02. The average molecular weight is 159 g/mol. The molecule has 0 bridgehead atoms. The van der Waals surface area contributed by atoms with Crippen LogP contribution in [0.2, 0.25) is 0 Å². The molecule has 5 heteroatoms. The molecule has 0 radical (unpaired) electrons. The van der Waals surface area contributed by atoms with Crippen molar-refractivity contribution in [3.8, 4) is 0 Å². The van der Waals surface area contributed by atoms with Gasteiger partial charge in [0.15, 0.2) is 5.78 Å². The van der Waals surface area contributed by atoms with Gasteiger partial charge in [-0.05, 0) is 13.8 Å². The van der Waals surface area contributed by atoms with E-state index in [1.54, 1.807) is 6.92 Å². The van der Waals surface area contributed by atoms with Crippen LogP contribution < -0.4 is 11.2 Å². The maximum Gasteiger partial charge on any atom is 0.331 e. The highest BCUT2D eigenvalue weighted by molar-refractivity contribution is 5.86. The molecule has 0 aromatic heterocycles. The first kappa shape index (κ1) is 9.90. The Morgan fingerprint density at radius 3 is 2.27 bits per heavy atom. The van der Waals surface area contributed by atoms with Gasteiger partial charge < -0.3 is 5.32 Å². The molecule has 0 rings (SSSR count). The third-order valence-corrected chi connectivity index (χ3v) is 1.27. The minimum atomic E-state index is -0.478. The molecule has 0 aliphatic heterocycles. The van der Waals surface area contributed by atoms with Crippen molar-refractivity contribution in [2.75, 3.05) is 7.05 Å². The highest BCUT2D eigenvalue weighted by atomic mass is 16.2. The summed E-state index contributed by atoms with van der Waals surface area (Å²) in [6.07, 6.45) is 0. The van der Waals surface area contributed by atoms with Crippen molar-refractivity contribution in [3.63, 3.8) is 0 Å². The van der Waals surface area contributed by atoms with E-state index in [0.717, 1.165) is 5.01 Å². The number of nitrogens with zero attached hydrogens (tertiary/aromatic N) is 1. The largest absolute Gasteiger partial charge is 0.331 e. The number of Topliss-reactive ketones (excluding diaryl/α,β-unsaturated/α-hetero) is 1. The minimum absolute atomic E-state index is 0.0970. The molecule has 0 saturated carbocycles. The lowest BCUT2D eigenvalue weighted by molar-refractivity contribution is -0.118. The van der Waals surface area contributed by atoms with Crippen LogP contribution in [-0.4, -0.2) is 29.9 Å². The molecule has 3 N–H and O–H groups in total. The Morgan fingerprint density at radius 2 is 2.00 bits per heavy atom. The molecule has 0 fully saturated rings. The number of ketones is 1. The van der Waals surface area contributed by atoms with Gasteiger partial charge in [0.25, 0.3) is 0 Å². The fourth-order valence-electron chi connectivity index (χ4n) is 0.389. The first-order valence-electron chi connectivity index (χ1n) is 3.24. The molecular formula is C6H13N3O2. The van der Waals surface area contributed by atoms with Gasteiger partial charge in [-0.15, -0.1) is 0 Å². The molecule has 0 aromatic rings. The molecular weight excluding hydrogens is 146 g/mol. The lowest BCUT2D eigenvalue weighted by Gasteiger charge is -2.14. The summed E-state index contributed by atoms with van der Waals surface area (Å²) >= 11 is 0. The predicted octanol–water partition coefficient (Wildman–Crippen LogP) is -0.521. The number of nitrogens with one attached hydrogen (secondary N) is 1. The number of nitrogens with two attached hydrogens (primary N) is 1. The van der Waals surface area contributed by atoms with E-state index in [1.165, 1.54) is 14.0 Å². The summed E-state index contributed by atoms with van der Waals surface area (Å²) in [5.74, 6) is 5.00. The summed E-state index contributed by atoms with van der Waals surface area (Å²) in [6, 6.07) is -0.943. The van der Waals surface area contributed by atoms with Crippen LogP contribution in [0.1, 0.15) is 13.8 Å². The van der Waals surface area contributed by atoms with Gasteiger partial charge >= 0.3 is 6.03 Å². The molecule has 0 aliphatic carbocycles. The zero-order valence-electron chi connectivity index (χ0n) is 6.92. The predicted molar refractivity (Wildman–Crippen MR) is 40.6 cm³/mol. The van der Waals surface area contributed by atoms with Crippen LogP contribution in [0.5, 0.6) is 0 Å². The number of hydrogen-bond donors (Lipinski definition) is 2. The van der Waals surface area contributed by atoms with Gasteiger partial charge in [0, 0.05) is 7.05 Å². The van der Waals surface area contributed by atoms with Crippen molar-refractivity contribution in [2.45, 2.75) is 19.9 Å². The molecule has 0 spiro atoms. The van der Waals surface area contributed by atoms with Crippen molar-refractivity contribution in [1.82, 2.24) is 10.3 Å². The van der Waals surface area contributed by atoms with Crippen LogP contribution in [0.15, 0.2) is 0 Å². The first-order chi connectivity index (χ1) is 4.95. The second-order valence-corrected chi connectivity index (χ2v) is 2.39. The highest BCUT2D eigenvalue weighted by Crippen LogP contribution is 1.84. The monoisotopic (exact) mass is 159 g/mol. The van der Waals surface area contributed by atoms with Crippen molar-refractivity contribution >= 4 is 11.8 Å². The van der Waals surface area contributed by atoms with Gasteiger partial charge in [-0.3, -0.25) is 9.80 Å². The SMILES string of the molecule is CC(=O)[C@@H](C)NC(=O)N(C)N. The fourth-order valence-corrected chi connectivity index (χ4v) is 0.389. The average Bonchev–Trinajstić information content (AvgIpc) is 1.87. The van der Waals surface area contributed by atoms with E-state index < -0.39 is 12.1 Å². The van der Waals surface area contributed by atoms with Crippen LogP contribution >= 0.6 is 0 Å². The lowest BCUT2D eigenvalue weighted by atomic mass is 10.2. The maximum absolute atomic E-state index is 10.8. The fraction of sp³-hybridized carbons (Fsp3) is 0.667. The summed E-state index contributed by atoms with van der Waals surface area (Å²) in [7, 11) is 1.40.